The van der Waals surface area contributed by atoms with Gasteiger partial charge in [-0.05, 0) is 38.9 Å². The third-order valence-electron chi connectivity index (χ3n) is 3.83. The van der Waals surface area contributed by atoms with E-state index in [1.54, 1.807) is 0 Å². The fourth-order valence-corrected chi connectivity index (χ4v) is 5.44. The molecule has 100 valence electrons. The maximum absolute atomic E-state index is 6.44. The number of epoxide rings is 1. The van der Waals surface area contributed by atoms with Gasteiger partial charge in [0.25, 0.3) is 0 Å². The van der Waals surface area contributed by atoms with Crippen LogP contribution in [0.25, 0.3) is 0 Å². The Bertz CT molecular complexity index is 263. The molecule has 0 amide bonds. The molecule has 0 aromatic heterocycles. The van der Waals surface area contributed by atoms with Crippen LogP contribution in [0.3, 0.4) is 0 Å². The van der Waals surface area contributed by atoms with Crippen LogP contribution in [0.1, 0.15) is 33.1 Å². The largest absolute Gasteiger partial charge is 0.410 e. The van der Waals surface area contributed by atoms with E-state index in [1.165, 1.54) is 6.04 Å². The molecule has 0 spiro atoms. The van der Waals surface area contributed by atoms with E-state index in [-0.39, 0.29) is 11.7 Å². The van der Waals surface area contributed by atoms with E-state index in [4.69, 9.17) is 13.9 Å². The van der Waals surface area contributed by atoms with E-state index in [9.17, 15) is 0 Å². The molecule has 4 heteroatoms. The fraction of sp³-hybridized carbons (Fsp3) is 1.00. The Morgan fingerprint density at radius 1 is 1.41 bits per heavy atom. The lowest BCUT2D eigenvalue weighted by atomic mass is 9.91. The fourth-order valence-electron chi connectivity index (χ4n) is 2.89. The first-order valence-electron chi connectivity index (χ1n) is 6.88. The van der Waals surface area contributed by atoms with Crippen LogP contribution in [-0.2, 0) is 13.9 Å². The monoisotopic (exact) mass is 258 g/mol. The Morgan fingerprint density at radius 2 is 2.12 bits per heavy atom. The third kappa shape index (κ3) is 3.53. The maximum Gasteiger partial charge on any atom is 0.187 e. The summed E-state index contributed by atoms with van der Waals surface area (Å²) in [5, 5.41) is 0. The van der Waals surface area contributed by atoms with Crippen molar-refractivity contribution in [1.29, 1.82) is 0 Å². The van der Waals surface area contributed by atoms with Crippen molar-refractivity contribution in [2.24, 2.45) is 0 Å². The van der Waals surface area contributed by atoms with Crippen molar-refractivity contribution < 1.29 is 13.9 Å². The van der Waals surface area contributed by atoms with Crippen LogP contribution in [0.15, 0.2) is 0 Å². The van der Waals surface area contributed by atoms with Crippen LogP contribution in [0, 0.1) is 0 Å². The smallest absolute Gasteiger partial charge is 0.187 e. The average Bonchev–Trinajstić information content (AvgIpc) is 2.99. The average molecular weight is 258 g/mol. The van der Waals surface area contributed by atoms with Gasteiger partial charge in [-0.25, -0.2) is 0 Å². The molecule has 0 saturated carbocycles. The first-order valence-corrected chi connectivity index (χ1v) is 10.00. The molecule has 2 aliphatic rings. The first kappa shape index (κ1) is 13.5. The van der Waals surface area contributed by atoms with Gasteiger partial charge in [0.1, 0.15) is 6.10 Å². The highest BCUT2D eigenvalue weighted by Gasteiger charge is 2.46. The minimum atomic E-state index is -1.46. The van der Waals surface area contributed by atoms with Crippen LogP contribution in [0.2, 0.25) is 19.1 Å². The summed E-state index contributed by atoms with van der Waals surface area (Å²) in [4.78, 5) is 0. The highest BCUT2D eigenvalue weighted by atomic mass is 28.4. The summed E-state index contributed by atoms with van der Waals surface area (Å²) in [6.45, 7) is 10.7. The maximum atomic E-state index is 6.44. The lowest BCUT2D eigenvalue weighted by Crippen LogP contribution is -2.55. The predicted octanol–water partition coefficient (Wildman–Crippen LogP) is 2.95. The standard InChI is InChI=1S/C13H26O3Si/c1-5-7-13(2)12(15-10-11-9-14-11)6-8-17(3,4)16-13/h11-12H,5-10H2,1-4H3. The van der Waals surface area contributed by atoms with Crippen LogP contribution >= 0.6 is 0 Å². The predicted molar refractivity (Wildman–Crippen MR) is 70.8 cm³/mol. The summed E-state index contributed by atoms with van der Waals surface area (Å²) in [6, 6.07) is 1.21. The van der Waals surface area contributed by atoms with Crippen molar-refractivity contribution in [1.82, 2.24) is 0 Å². The minimum absolute atomic E-state index is 0.0718. The molecule has 2 saturated heterocycles. The summed E-state index contributed by atoms with van der Waals surface area (Å²) < 4.78 is 17.7. The molecule has 17 heavy (non-hydrogen) atoms. The third-order valence-corrected chi connectivity index (χ3v) is 6.34. The van der Waals surface area contributed by atoms with Crippen molar-refractivity contribution in [3.8, 4) is 0 Å². The number of hydrogen-bond acceptors (Lipinski definition) is 3. The molecule has 2 heterocycles. The van der Waals surface area contributed by atoms with Gasteiger partial charge in [-0.15, -0.1) is 0 Å². The van der Waals surface area contributed by atoms with Crippen LogP contribution in [0.4, 0.5) is 0 Å². The number of ether oxygens (including phenoxy) is 2. The Balaban J connectivity index is 1.96. The van der Waals surface area contributed by atoms with Gasteiger partial charge in [-0.1, -0.05) is 13.3 Å². The first-order chi connectivity index (χ1) is 7.95. The summed E-state index contributed by atoms with van der Waals surface area (Å²) in [7, 11) is -1.46. The zero-order valence-electron chi connectivity index (χ0n) is 11.6. The van der Waals surface area contributed by atoms with Gasteiger partial charge in [0.05, 0.1) is 24.9 Å². The van der Waals surface area contributed by atoms with E-state index >= 15 is 0 Å². The zero-order valence-corrected chi connectivity index (χ0v) is 12.6. The molecule has 0 aliphatic carbocycles. The lowest BCUT2D eigenvalue weighted by Gasteiger charge is -2.47. The minimum Gasteiger partial charge on any atom is -0.410 e. The summed E-state index contributed by atoms with van der Waals surface area (Å²) >= 11 is 0. The van der Waals surface area contributed by atoms with Gasteiger partial charge in [0, 0.05) is 0 Å². The van der Waals surface area contributed by atoms with Crippen LogP contribution in [0.5, 0.6) is 0 Å². The molecule has 0 aromatic rings. The zero-order chi connectivity index (χ0) is 12.5. The highest BCUT2D eigenvalue weighted by Crippen LogP contribution is 2.38. The molecule has 0 radical (unpaired) electrons. The molecule has 2 aliphatic heterocycles. The summed E-state index contributed by atoms with van der Waals surface area (Å²) in [5.41, 5.74) is -0.0718. The molecule has 3 nitrogen and oxygen atoms in total. The molecule has 0 N–H and O–H groups in total. The quantitative estimate of drug-likeness (QED) is 0.561. The van der Waals surface area contributed by atoms with Crippen molar-refractivity contribution in [3.05, 3.63) is 0 Å². The SMILES string of the molecule is CCCC1(C)O[Si](C)(C)CCC1OCC1CO1. The highest BCUT2D eigenvalue weighted by molar-refractivity contribution is 6.71. The normalized spacial score (nSPS) is 40.2. The second-order valence-corrected chi connectivity index (χ2v) is 10.5. The summed E-state index contributed by atoms with van der Waals surface area (Å²) in [6.07, 6.45) is 4.02. The van der Waals surface area contributed by atoms with Crippen LogP contribution in [-0.4, -0.2) is 39.3 Å². The molecule has 3 atom stereocenters. The molecule has 0 bridgehead atoms. The van der Waals surface area contributed by atoms with E-state index in [2.05, 4.69) is 26.9 Å². The van der Waals surface area contributed by atoms with Gasteiger partial charge in [-0.3, -0.25) is 0 Å². The van der Waals surface area contributed by atoms with Crippen molar-refractivity contribution in [3.63, 3.8) is 0 Å². The second-order valence-electron chi connectivity index (χ2n) is 6.24. The van der Waals surface area contributed by atoms with E-state index in [0.717, 1.165) is 32.5 Å². The van der Waals surface area contributed by atoms with Gasteiger partial charge >= 0.3 is 0 Å². The summed E-state index contributed by atoms with van der Waals surface area (Å²) in [5.74, 6) is 0. The molecule has 2 fully saturated rings. The molecule has 2 rings (SSSR count). The Labute approximate surface area is 106 Å². The second kappa shape index (κ2) is 5.00. The number of hydrogen-bond donors (Lipinski definition) is 0. The van der Waals surface area contributed by atoms with Gasteiger partial charge < -0.3 is 13.9 Å². The molecule has 3 unspecified atom stereocenters. The topological polar surface area (TPSA) is 31.0 Å². The van der Waals surface area contributed by atoms with Gasteiger partial charge in [0.2, 0.25) is 0 Å². The van der Waals surface area contributed by atoms with Crippen molar-refractivity contribution in [2.75, 3.05) is 13.2 Å². The number of rotatable bonds is 5. The van der Waals surface area contributed by atoms with E-state index < -0.39 is 8.32 Å². The van der Waals surface area contributed by atoms with Crippen LogP contribution < -0.4 is 0 Å². The molecular weight excluding hydrogens is 232 g/mol. The van der Waals surface area contributed by atoms with Crippen molar-refractivity contribution >= 4 is 8.32 Å². The van der Waals surface area contributed by atoms with Gasteiger partial charge in [-0.2, -0.15) is 0 Å². The Kier molecular flexibility index (Phi) is 3.98. The van der Waals surface area contributed by atoms with Crippen molar-refractivity contribution in [2.45, 2.75) is 70.1 Å². The Morgan fingerprint density at radius 3 is 2.71 bits per heavy atom. The van der Waals surface area contributed by atoms with Gasteiger partial charge in [0.15, 0.2) is 8.32 Å². The molecular formula is C13H26O3Si. The lowest BCUT2D eigenvalue weighted by molar-refractivity contribution is -0.108. The Hall–Kier alpha value is 0.0969. The molecule has 0 aromatic carbocycles. The van der Waals surface area contributed by atoms with E-state index in [1.807, 2.05) is 0 Å². The van der Waals surface area contributed by atoms with E-state index in [0.29, 0.717) is 6.10 Å².